The van der Waals surface area contributed by atoms with Gasteiger partial charge >= 0.3 is 0 Å². The molecule has 2 aliphatic rings. The number of amides is 1. The summed E-state index contributed by atoms with van der Waals surface area (Å²) in [6, 6.07) is 5.88. The number of nitrogens with one attached hydrogen (secondary N) is 2. The van der Waals surface area contributed by atoms with Gasteiger partial charge in [0.05, 0.1) is 12.1 Å². The fraction of sp³-hybridized carbons (Fsp3) is 0.533. The predicted molar refractivity (Wildman–Crippen MR) is 81.4 cm³/mol. The Morgan fingerprint density at radius 3 is 2.85 bits per heavy atom. The molecule has 2 atom stereocenters. The highest BCUT2D eigenvalue weighted by Crippen LogP contribution is 2.28. The average Bonchev–Trinajstić information content (AvgIpc) is 2.86. The van der Waals surface area contributed by atoms with Gasteiger partial charge in [-0.25, -0.2) is 0 Å². The number of benzene rings is 1. The van der Waals surface area contributed by atoms with Gasteiger partial charge < -0.3 is 15.7 Å². The van der Waals surface area contributed by atoms with E-state index < -0.39 is 6.10 Å². The quantitative estimate of drug-likeness (QED) is 0.778. The third kappa shape index (κ3) is 3.14. The summed E-state index contributed by atoms with van der Waals surface area (Å²) in [6.07, 6.45) is 4.69. The van der Waals surface area contributed by atoms with Crippen LogP contribution in [0.15, 0.2) is 18.2 Å². The van der Waals surface area contributed by atoms with Crippen LogP contribution in [-0.2, 0) is 17.6 Å². The van der Waals surface area contributed by atoms with Crippen LogP contribution in [0.3, 0.4) is 0 Å². The van der Waals surface area contributed by atoms with E-state index in [4.69, 9.17) is 0 Å². The molecule has 1 amide bonds. The molecule has 1 aromatic carbocycles. The Bertz CT molecular complexity index is 493. The lowest BCUT2D eigenvalue weighted by molar-refractivity contribution is -0.117. The van der Waals surface area contributed by atoms with E-state index in [2.05, 4.69) is 16.7 Å². The molecule has 110 valence electrons. The first-order valence-corrected chi connectivity index (χ1v) is 7.07. The van der Waals surface area contributed by atoms with E-state index in [1.807, 2.05) is 12.1 Å². The minimum atomic E-state index is -0.402. The van der Waals surface area contributed by atoms with Crippen LogP contribution in [0.1, 0.15) is 30.4 Å². The molecule has 5 heteroatoms. The van der Waals surface area contributed by atoms with E-state index in [1.165, 1.54) is 24.0 Å². The van der Waals surface area contributed by atoms with Gasteiger partial charge in [0.1, 0.15) is 0 Å². The topological polar surface area (TPSA) is 61.4 Å². The SMILES string of the molecule is Cl.O=C(Nc1cccc2c1CCCC2)C1CC(O)CN1. The van der Waals surface area contributed by atoms with Crippen LogP contribution in [0.5, 0.6) is 0 Å². The zero-order chi connectivity index (χ0) is 13.2. The lowest BCUT2D eigenvalue weighted by Crippen LogP contribution is -2.35. The highest BCUT2D eigenvalue weighted by molar-refractivity contribution is 5.96. The van der Waals surface area contributed by atoms with E-state index in [0.717, 1.165) is 18.5 Å². The van der Waals surface area contributed by atoms with Crippen molar-refractivity contribution in [1.29, 1.82) is 0 Å². The molecule has 0 saturated carbocycles. The highest BCUT2D eigenvalue weighted by Gasteiger charge is 2.28. The van der Waals surface area contributed by atoms with Crippen LogP contribution >= 0.6 is 12.4 Å². The van der Waals surface area contributed by atoms with Crippen LogP contribution in [-0.4, -0.2) is 29.7 Å². The third-order valence-corrected chi connectivity index (χ3v) is 4.08. The second kappa shape index (κ2) is 6.57. The molecule has 0 bridgehead atoms. The summed E-state index contributed by atoms with van der Waals surface area (Å²) in [6.45, 7) is 0.505. The molecule has 1 heterocycles. The summed E-state index contributed by atoms with van der Waals surface area (Å²) in [5.74, 6) is -0.0319. The minimum Gasteiger partial charge on any atom is -0.392 e. The molecule has 1 aliphatic heterocycles. The van der Waals surface area contributed by atoms with Crippen molar-refractivity contribution in [2.24, 2.45) is 0 Å². The van der Waals surface area contributed by atoms with Gasteiger partial charge in [-0.3, -0.25) is 4.79 Å². The number of aryl methyl sites for hydroxylation is 1. The van der Waals surface area contributed by atoms with Gasteiger partial charge in [0, 0.05) is 12.2 Å². The maximum absolute atomic E-state index is 12.2. The summed E-state index contributed by atoms with van der Waals surface area (Å²) < 4.78 is 0. The Labute approximate surface area is 125 Å². The molecule has 0 spiro atoms. The van der Waals surface area contributed by atoms with E-state index >= 15 is 0 Å². The van der Waals surface area contributed by atoms with Gasteiger partial charge in [-0.2, -0.15) is 0 Å². The Hall–Kier alpha value is -1.10. The second-order valence-electron chi connectivity index (χ2n) is 5.49. The molecule has 2 unspecified atom stereocenters. The fourth-order valence-electron chi connectivity index (χ4n) is 3.04. The maximum atomic E-state index is 12.2. The molecule has 0 radical (unpaired) electrons. The van der Waals surface area contributed by atoms with Crippen molar-refractivity contribution in [2.75, 3.05) is 11.9 Å². The summed E-state index contributed by atoms with van der Waals surface area (Å²) in [4.78, 5) is 12.2. The number of anilines is 1. The van der Waals surface area contributed by atoms with Crippen molar-refractivity contribution in [2.45, 2.75) is 44.2 Å². The van der Waals surface area contributed by atoms with Crippen LogP contribution in [0.4, 0.5) is 5.69 Å². The number of carbonyl (C=O) groups excluding carboxylic acids is 1. The molecule has 1 aromatic rings. The van der Waals surface area contributed by atoms with E-state index in [9.17, 15) is 9.90 Å². The highest BCUT2D eigenvalue weighted by atomic mass is 35.5. The largest absolute Gasteiger partial charge is 0.392 e. The van der Waals surface area contributed by atoms with Crippen molar-refractivity contribution < 1.29 is 9.90 Å². The maximum Gasteiger partial charge on any atom is 0.241 e. The number of hydrogen-bond donors (Lipinski definition) is 3. The van der Waals surface area contributed by atoms with Gasteiger partial charge in [0.2, 0.25) is 5.91 Å². The van der Waals surface area contributed by atoms with Crippen molar-refractivity contribution >= 4 is 24.0 Å². The molecule has 4 nitrogen and oxygen atoms in total. The van der Waals surface area contributed by atoms with Crippen LogP contribution < -0.4 is 10.6 Å². The van der Waals surface area contributed by atoms with Gasteiger partial charge in [0.25, 0.3) is 0 Å². The Balaban J connectivity index is 0.00000147. The van der Waals surface area contributed by atoms with Gasteiger partial charge in [0.15, 0.2) is 0 Å². The first-order chi connectivity index (χ1) is 9.24. The first kappa shape index (κ1) is 15.3. The molecule has 1 fully saturated rings. The molecular formula is C15H21ClN2O2. The number of carbonyl (C=O) groups is 1. The Morgan fingerprint density at radius 2 is 2.10 bits per heavy atom. The number of β-amino-alcohol motifs (C(OH)–C–C–N with tert-alkyl or cyclic N) is 1. The smallest absolute Gasteiger partial charge is 0.241 e. The minimum absolute atomic E-state index is 0. The molecule has 0 aromatic heterocycles. The van der Waals surface area contributed by atoms with Crippen molar-refractivity contribution in [3.63, 3.8) is 0 Å². The van der Waals surface area contributed by atoms with Gasteiger partial charge in [-0.1, -0.05) is 12.1 Å². The summed E-state index contributed by atoms with van der Waals surface area (Å²) in [7, 11) is 0. The zero-order valence-electron chi connectivity index (χ0n) is 11.4. The monoisotopic (exact) mass is 296 g/mol. The Morgan fingerprint density at radius 1 is 1.30 bits per heavy atom. The van der Waals surface area contributed by atoms with E-state index in [1.54, 1.807) is 0 Å². The van der Waals surface area contributed by atoms with Crippen molar-refractivity contribution in [3.05, 3.63) is 29.3 Å². The molecule has 3 N–H and O–H groups in total. The number of fused-ring (bicyclic) bond motifs is 1. The second-order valence-corrected chi connectivity index (χ2v) is 5.49. The predicted octanol–water partition coefficient (Wildman–Crippen LogP) is 1.65. The zero-order valence-corrected chi connectivity index (χ0v) is 12.2. The van der Waals surface area contributed by atoms with Gasteiger partial charge in [-0.05, 0) is 49.3 Å². The molecular weight excluding hydrogens is 276 g/mol. The fourth-order valence-corrected chi connectivity index (χ4v) is 3.04. The van der Waals surface area contributed by atoms with Gasteiger partial charge in [-0.15, -0.1) is 12.4 Å². The van der Waals surface area contributed by atoms with Crippen molar-refractivity contribution in [3.8, 4) is 0 Å². The van der Waals surface area contributed by atoms with Crippen LogP contribution in [0, 0.1) is 0 Å². The number of halogens is 1. The van der Waals surface area contributed by atoms with E-state index in [-0.39, 0.29) is 24.4 Å². The normalized spacial score (nSPS) is 24.6. The average molecular weight is 297 g/mol. The summed E-state index contributed by atoms with van der Waals surface area (Å²) >= 11 is 0. The number of aliphatic hydroxyl groups is 1. The molecule has 20 heavy (non-hydrogen) atoms. The van der Waals surface area contributed by atoms with Crippen LogP contribution in [0.2, 0.25) is 0 Å². The van der Waals surface area contributed by atoms with E-state index in [0.29, 0.717) is 13.0 Å². The lowest BCUT2D eigenvalue weighted by atomic mass is 9.90. The standard InChI is InChI=1S/C15H20N2O2.ClH/c18-11-8-14(16-9-11)15(19)17-13-7-3-5-10-4-1-2-6-12(10)13;/h3,5,7,11,14,16,18H,1-2,4,6,8-9H2,(H,17,19);1H. The number of rotatable bonds is 2. The number of aliphatic hydroxyl groups excluding tert-OH is 1. The third-order valence-electron chi connectivity index (χ3n) is 4.08. The molecule has 3 rings (SSSR count). The number of hydrogen-bond acceptors (Lipinski definition) is 3. The first-order valence-electron chi connectivity index (χ1n) is 7.07. The van der Waals surface area contributed by atoms with Crippen LogP contribution in [0.25, 0.3) is 0 Å². The molecule has 1 saturated heterocycles. The summed E-state index contributed by atoms with van der Waals surface area (Å²) in [5, 5.41) is 15.5. The summed E-state index contributed by atoms with van der Waals surface area (Å²) in [5.41, 5.74) is 3.61. The lowest BCUT2D eigenvalue weighted by Gasteiger charge is -2.20. The van der Waals surface area contributed by atoms with Crippen molar-refractivity contribution in [1.82, 2.24) is 5.32 Å². The molecule has 1 aliphatic carbocycles. The Kier molecular flexibility index (Phi) is 5.02.